The Bertz CT molecular complexity index is 1840. The third kappa shape index (κ3) is 3.86. The second-order valence-electron chi connectivity index (χ2n) is 9.84. The zero-order valence-corrected chi connectivity index (χ0v) is 20.6. The topological polar surface area (TPSA) is 88.4 Å². The highest BCUT2D eigenvalue weighted by Gasteiger charge is 2.22. The summed E-state index contributed by atoms with van der Waals surface area (Å²) >= 11 is 0. The largest absolute Gasteiger partial charge is 0.508 e. The average molecular weight is 500 g/mol. The number of phenols is 2. The van der Waals surface area contributed by atoms with E-state index in [1.165, 1.54) is 12.1 Å². The Balaban J connectivity index is 1.51. The normalized spacial score (nSPS) is 14.0. The highest BCUT2D eigenvalue weighted by molar-refractivity contribution is 6.20. The van der Waals surface area contributed by atoms with Crippen molar-refractivity contribution in [1.29, 1.82) is 0 Å². The number of rotatable bonds is 4. The Kier molecular flexibility index (Phi) is 5.32. The third-order valence-electron chi connectivity index (χ3n) is 7.42. The maximum atomic E-state index is 10.6. The molecule has 0 aliphatic heterocycles. The van der Waals surface area contributed by atoms with Gasteiger partial charge in [0.15, 0.2) is 11.6 Å². The first-order chi connectivity index (χ1) is 18.6. The molecule has 6 aromatic rings. The van der Waals surface area contributed by atoms with Crippen molar-refractivity contribution in [2.75, 3.05) is 0 Å². The standard InChI is InChI=1S/C32H25N3O3/c36-20-14-16-26(29(37)17-20)30-33-31(35-32(34-30)38-21-8-2-3-9-21)28-18-27-22-10-4-1-7-19(22)13-15-25(27)23-11-5-6-12-24(23)28/h1,4-7,10-18,21,36-37H,2-3,8-9H2. The van der Waals surface area contributed by atoms with Gasteiger partial charge in [0, 0.05) is 11.6 Å². The highest BCUT2D eigenvalue weighted by Crippen LogP contribution is 2.38. The lowest BCUT2D eigenvalue weighted by Crippen LogP contribution is -2.14. The minimum atomic E-state index is -0.108. The fraction of sp³-hybridized carbons (Fsp3) is 0.156. The van der Waals surface area contributed by atoms with Gasteiger partial charge >= 0.3 is 6.01 Å². The van der Waals surface area contributed by atoms with Crippen LogP contribution in [0.5, 0.6) is 17.5 Å². The van der Waals surface area contributed by atoms with Gasteiger partial charge in [-0.3, -0.25) is 0 Å². The molecule has 1 aliphatic carbocycles. The van der Waals surface area contributed by atoms with Crippen molar-refractivity contribution in [2.24, 2.45) is 0 Å². The molecule has 0 unspecified atom stereocenters. The molecular formula is C32H25N3O3. The zero-order valence-electron chi connectivity index (χ0n) is 20.6. The summed E-state index contributed by atoms with van der Waals surface area (Å²) in [6.07, 6.45) is 4.23. The molecule has 0 radical (unpaired) electrons. The minimum Gasteiger partial charge on any atom is -0.508 e. The third-order valence-corrected chi connectivity index (χ3v) is 7.42. The molecule has 7 rings (SSSR count). The van der Waals surface area contributed by atoms with E-state index in [1.807, 2.05) is 18.2 Å². The number of hydrogen-bond donors (Lipinski definition) is 2. The van der Waals surface area contributed by atoms with E-state index in [4.69, 9.17) is 14.7 Å². The number of phenolic OH excluding ortho intramolecular Hbond substituents is 2. The Hall–Kier alpha value is -4.71. The van der Waals surface area contributed by atoms with Crippen molar-refractivity contribution >= 4 is 32.3 Å². The van der Waals surface area contributed by atoms with Crippen LogP contribution in [0.4, 0.5) is 0 Å². The van der Waals surface area contributed by atoms with Crippen LogP contribution in [0.2, 0.25) is 0 Å². The molecule has 2 N–H and O–H groups in total. The van der Waals surface area contributed by atoms with E-state index in [2.05, 4.69) is 53.5 Å². The second kappa shape index (κ2) is 8.99. The quantitative estimate of drug-likeness (QED) is 0.246. The van der Waals surface area contributed by atoms with E-state index in [9.17, 15) is 10.2 Å². The molecule has 0 saturated heterocycles. The van der Waals surface area contributed by atoms with Crippen molar-refractivity contribution in [3.8, 4) is 40.3 Å². The minimum absolute atomic E-state index is 0.0321. The Morgan fingerprint density at radius 2 is 1.29 bits per heavy atom. The van der Waals surface area contributed by atoms with Gasteiger partial charge in [0.1, 0.15) is 17.6 Å². The fourth-order valence-electron chi connectivity index (χ4n) is 5.56. The summed E-state index contributed by atoms with van der Waals surface area (Å²) in [5.41, 5.74) is 1.26. The van der Waals surface area contributed by atoms with E-state index in [0.29, 0.717) is 17.2 Å². The molecule has 1 aliphatic rings. The van der Waals surface area contributed by atoms with E-state index in [-0.39, 0.29) is 23.6 Å². The van der Waals surface area contributed by atoms with Crippen LogP contribution < -0.4 is 4.74 Å². The SMILES string of the molecule is Oc1ccc(-c2nc(OC3CCCC3)nc(-c3cc4c5ccccc5ccc4c4ccccc34)n2)c(O)c1. The van der Waals surface area contributed by atoms with E-state index in [0.717, 1.165) is 63.6 Å². The highest BCUT2D eigenvalue weighted by atomic mass is 16.5. The van der Waals surface area contributed by atoms with Gasteiger partial charge in [0.25, 0.3) is 0 Å². The van der Waals surface area contributed by atoms with Crippen LogP contribution in [0.25, 0.3) is 55.1 Å². The summed E-state index contributed by atoms with van der Waals surface area (Å²) in [6, 6.07) is 27.7. The van der Waals surface area contributed by atoms with Gasteiger partial charge in [-0.1, -0.05) is 60.7 Å². The molecule has 0 amide bonds. The van der Waals surface area contributed by atoms with Crippen LogP contribution in [-0.2, 0) is 0 Å². The predicted octanol–water partition coefficient (Wildman–Crippen LogP) is 7.40. The van der Waals surface area contributed by atoms with Crippen LogP contribution >= 0.6 is 0 Å². The van der Waals surface area contributed by atoms with Crippen molar-refractivity contribution in [2.45, 2.75) is 31.8 Å². The Morgan fingerprint density at radius 3 is 2.08 bits per heavy atom. The average Bonchev–Trinajstić information content (AvgIpc) is 3.45. The first kappa shape index (κ1) is 22.5. The van der Waals surface area contributed by atoms with Crippen molar-refractivity contribution in [1.82, 2.24) is 15.0 Å². The number of fused-ring (bicyclic) bond motifs is 5. The number of benzene rings is 5. The molecule has 6 nitrogen and oxygen atoms in total. The molecule has 5 aromatic carbocycles. The first-order valence-electron chi connectivity index (χ1n) is 12.9. The van der Waals surface area contributed by atoms with E-state index >= 15 is 0 Å². The van der Waals surface area contributed by atoms with Crippen molar-refractivity contribution < 1.29 is 14.9 Å². The number of hydrogen-bond acceptors (Lipinski definition) is 6. The molecule has 0 atom stereocenters. The van der Waals surface area contributed by atoms with E-state index < -0.39 is 0 Å². The van der Waals surface area contributed by atoms with E-state index in [1.54, 1.807) is 6.07 Å². The smallest absolute Gasteiger partial charge is 0.320 e. The van der Waals surface area contributed by atoms with Gasteiger partial charge in [-0.15, -0.1) is 0 Å². The molecule has 6 heteroatoms. The number of nitrogens with zero attached hydrogens (tertiary/aromatic N) is 3. The summed E-state index contributed by atoms with van der Waals surface area (Å²) in [4.78, 5) is 14.2. The summed E-state index contributed by atoms with van der Waals surface area (Å²) < 4.78 is 6.24. The fourth-order valence-corrected chi connectivity index (χ4v) is 5.56. The van der Waals surface area contributed by atoms with Crippen molar-refractivity contribution in [3.05, 3.63) is 84.9 Å². The van der Waals surface area contributed by atoms with Gasteiger partial charge in [-0.25, -0.2) is 4.98 Å². The zero-order chi connectivity index (χ0) is 25.6. The van der Waals surface area contributed by atoms with Gasteiger partial charge in [-0.2, -0.15) is 9.97 Å². The number of aromatic nitrogens is 3. The molecule has 38 heavy (non-hydrogen) atoms. The van der Waals surface area contributed by atoms with Crippen LogP contribution in [0.3, 0.4) is 0 Å². The summed E-state index contributed by atoms with van der Waals surface area (Å²) in [5, 5.41) is 27.2. The van der Waals surface area contributed by atoms with Gasteiger partial charge in [-0.05, 0) is 76.2 Å². The maximum Gasteiger partial charge on any atom is 0.320 e. The molecular weight excluding hydrogens is 474 g/mol. The number of ether oxygens (including phenoxy) is 1. The summed E-state index contributed by atoms with van der Waals surface area (Å²) in [7, 11) is 0. The predicted molar refractivity (Wildman–Crippen MR) is 149 cm³/mol. The van der Waals surface area contributed by atoms with Gasteiger partial charge < -0.3 is 14.9 Å². The molecule has 1 saturated carbocycles. The van der Waals surface area contributed by atoms with Gasteiger partial charge in [0.05, 0.1) is 5.56 Å². The molecule has 186 valence electrons. The maximum absolute atomic E-state index is 10.6. The van der Waals surface area contributed by atoms with Crippen LogP contribution in [0.15, 0.2) is 84.9 Å². The number of aromatic hydroxyl groups is 2. The molecule has 1 heterocycles. The first-order valence-corrected chi connectivity index (χ1v) is 12.9. The monoisotopic (exact) mass is 499 g/mol. The van der Waals surface area contributed by atoms with Gasteiger partial charge in [0.2, 0.25) is 0 Å². The lowest BCUT2D eigenvalue weighted by molar-refractivity contribution is 0.192. The lowest BCUT2D eigenvalue weighted by Gasteiger charge is -2.15. The molecule has 0 bridgehead atoms. The van der Waals surface area contributed by atoms with Crippen LogP contribution in [0.1, 0.15) is 25.7 Å². The van der Waals surface area contributed by atoms with Crippen LogP contribution in [0, 0.1) is 0 Å². The molecule has 0 spiro atoms. The summed E-state index contributed by atoms with van der Waals surface area (Å²) in [5.74, 6) is 0.628. The van der Waals surface area contributed by atoms with Crippen LogP contribution in [-0.4, -0.2) is 31.3 Å². The molecule has 1 fully saturated rings. The Morgan fingerprint density at radius 1 is 0.605 bits per heavy atom. The Labute approximate surface area is 219 Å². The second-order valence-corrected chi connectivity index (χ2v) is 9.84. The van der Waals surface area contributed by atoms with Crippen molar-refractivity contribution in [3.63, 3.8) is 0 Å². The summed E-state index contributed by atoms with van der Waals surface area (Å²) in [6.45, 7) is 0. The molecule has 1 aromatic heterocycles. The lowest BCUT2D eigenvalue weighted by atomic mass is 9.93.